The highest BCUT2D eigenvalue weighted by atomic mass is 19.1. The summed E-state index contributed by atoms with van der Waals surface area (Å²) in [6.07, 6.45) is 0. The van der Waals surface area contributed by atoms with Gasteiger partial charge in [-0.1, -0.05) is 18.2 Å². The van der Waals surface area contributed by atoms with E-state index in [4.69, 9.17) is 9.47 Å². The van der Waals surface area contributed by atoms with E-state index < -0.39 is 0 Å². The smallest absolute Gasteiger partial charge is 0.173 e. The third-order valence-corrected chi connectivity index (χ3v) is 5.85. The molecular weight excluding hydrogens is 411 g/mol. The number of tetrazole rings is 1. The molecule has 0 unspecified atom stereocenters. The fraction of sp³-hybridized carbons (Fsp3) is 0.435. The first-order valence-corrected chi connectivity index (χ1v) is 10.8. The highest BCUT2D eigenvalue weighted by Crippen LogP contribution is 2.35. The van der Waals surface area contributed by atoms with Crippen LogP contribution in [0.4, 0.5) is 10.1 Å². The molecule has 0 N–H and O–H groups in total. The Kier molecular flexibility index (Phi) is 6.55. The van der Waals surface area contributed by atoms with Crippen LogP contribution in [0.2, 0.25) is 0 Å². The minimum absolute atomic E-state index is 0.113. The molecule has 0 bridgehead atoms. The van der Waals surface area contributed by atoms with Gasteiger partial charge in [-0.3, -0.25) is 4.90 Å². The molecule has 0 aliphatic carbocycles. The number of anilines is 1. The predicted molar refractivity (Wildman–Crippen MR) is 120 cm³/mol. The second kappa shape index (κ2) is 9.52. The Balaban J connectivity index is 1.67. The molecule has 9 heteroatoms. The first-order chi connectivity index (χ1) is 15.5. The van der Waals surface area contributed by atoms with Crippen molar-refractivity contribution in [2.75, 3.05) is 45.3 Å². The largest absolute Gasteiger partial charge is 0.493 e. The van der Waals surface area contributed by atoms with Crippen LogP contribution in [-0.4, -0.2) is 65.5 Å². The van der Waals surface area contributed by atoms with Crippen molar-refractivity contribution >= 4 is 5.69 Å². The molecule has 170 valence electrons. The summed E-state index contributed by atoms with van der Waals surface area (Å²) in [5.41, 5.74) is 1.65. The van der Waals surface area contributed by atoms with Crippen LogP contribution in [0.25, 0.3) is 0 Å². The first-order valence-electron chi connectivity index (χ1n) is 10.8. The minimum Gasteiger partial charge on any atom is -0.493 e. The molecule has 0 amide bonds. The number of rotatable bonds is 7. The molecule has 1 saturated heterocycles. The van der Waals surface area contributed by atoms with Gasteiger partial charge in [0.05, 0.1) is 32.0 Å². The number of aromatic nitrogens is 4. The van der Waals surface area contributed by atoms with Crippen LogP contribution >= 0.6 is 0 Å². The molecule has 3 aromatic rings. The number of ether oxygens (including phenoxy) is 2. The van der Waals surface area contributed by atoms with E-state index in [1.165, 1.54) is 6.07 Å². The van der Waals surface area contributed by atoms with Gasteiger partial charge in [0.15, 0.2) is 17.3 Å². The Hall–Kier alpha value is -3.20. The second-order valence-electron chi connectivity index (χ2n) is 8.07. The fourth-order valence-electron chi connectivity index (χ4n) is 4.22. The van der Waals surface area contributed by atoms with Crippen molar-refractivity contribution in [2.24, 2.45) is 0 Å². The van der Waals surface area contributed by atoms with E-state index in [1.807, 2.05) is 35.0 Å². The molecule has 1 aliphatic rings. The van der Waals surface area contributed by atoms with Crippen molar-refractivity contribution in [1.82, 2.24) is 25.1 Å². The van der Waals surface area contributed by atoms with E-state index in [0.29, 0.717) is 30.3 Å². The zero-order valence-corrected chi connectivity index (χ0v) is 18.9. The van der Waals surface area contributed by atoms with Gasteiger partial charge < -0.3 is 14.4 Å². The number of nitrogens with zero attached hydrogens (tertiary/aromatic N) is 6. The van der Waals surface area contributed by atoms with Crippen molar-refractivity contribution in [3.8, 4) is 11.5 Å². The quantitative estimate of drug-likeness (QED) is 0.558. The average molecular weight is 441 g/mol. The van der Waals surface area contributed by atoms with Crippen molar-refractivity contribution < 1.29 is 13.9 Å². The number of piperazine rings is 1. The van der Waals surface area contributed by atoms with Crippen molar-refractivity contribution in [3.05, 3.63) is 59.7 Å². The molecule has 4 rings (SSSR count). The van der Waals surface area contributed by atoms with Crippen LogP contribution in [-0.2, 0) is 0 Å². The topological polar surface area (TPSA) is 68.5 Å². The van der Waals surface area contributed by atoms with E-state index in [1.54, 1.807) is 20.3 Å². The Labute approximate surface area is 187 Å². The highest BCUT2D eigenvalue weighted by molar-refractivity contribution is 5.48. The summed E-state index contributed by atoms with van der Waals surface area (Å²) in [5, 5.41) is 12.6. The molecule has 1 aromatic heterocycles. The third-order valence-electron chi connectivity index (χ3n) is 5.85. The van der Waals surface area contributed by atoms with Crippen molar-refractivity contribution in [1.29, 1.82) is 0 Å². The normalized spacial score (nSPS) is 15.8. The summed E-state index contributed by atoms with van der Waals surface area (Å²) >= 11 is 0. The lowest BCUT2D eigenvalue weighted by atomic mass is 10.0. The van der Waals surface area contributed by atoms with Crippen molar-refractivity contribution in [3.63, 3.8) is 0 Å². The van der Waals surface area contributed by atoms with Gasteiger partial charge in [0.25, 0.3) is 0 Å². The van der Waals surface area contributed by atoms with Gasteiger partial charge in [-0.15, -0.1) is 5.10 Å². The lowest BCUT2D eigenvalue weighted by molar-refractivity contribution is 0.198. The molecule has 1 atom stereocenters. The maximum atomic E-state index is 14.3. The van der Waals surface area contributed by atoms with Crippen LogP contribution in [0.5, 0.6) is 11.5 Å². The minimum atomic E-state index is -0.193. The fourth-order valence-corrected chi connectivity index (χ4v) is 4.22. The number of halogens is 1. The number of hydrogen-bond donors (Lipinski definition) is 0. The number of para-hydroxylation sites is 1. The van der Waals surface area contributed by atoms with Gasteiger partial charge >= 0.3 is 0 Å². The summed E-state index contributed by atoms with van der Waals surface area (Å²) in [6.45, 7) is 6.99. The van der Waals surface area contributed by atoms with Gasteiger partial charge in [-0.05, 0) is 54.1 Å². The molecule has 1 fully saturated rings. The Bertz CT molecular complexity index is 1050. The molecule has 1 aliphatic heterocycles. The van der Waals surface area contributed by atoms with Crippen LogP contribution < -0.4 is 14.4 Å². The zero-order valence-electron chi connectivity index (χ0n) is 18.9. The lowest BCUT2D eigenvalue weighted by Gasteiger charge is -2.40. The molecular formula is C23H29FN6O2. The molecule has 32 heavy (non-hydrogen) atoms. The van der Waals surface area contributed by atoms with E-state index >= 15 is 0 Å². The van der Waals surface area contributed by atoms with Gasteiger partial charge in [0.1, 0.15) is 5.82 Å². The summed E-state index contributed by atoms with van der Waals surface area (Å²) in [5.74, 6) is 1.90. The maximum Gasteiger partial charge on any atom is 0.173 e. The van der Waals surface area contributed by atoms with Crippen LogP contribution in [0.15, 0.2) is 42.5 Å². The molecule has 8 nitrogen and oxygen atoms in total. The summed E-state index contributed by atoms with van der Waals surface area (Å²) < 4.78 is 27.1. The standard InChI is InChI=1S/C23H29FN6O2/c1-16(2)30-23(25-26-27-30)22(17-9-10-20(31-3)21(15-17)32-4)29-13-11-28(12-14-29)19-8-6-5-7-18(19)24/h5-10,15-16,22H,11-14H2,1-4H3/t22-/m0/s1. The van der Waals surface area contributed by atoms with E-state index in [9.17, 15) is 4.39 Å². The molecule has 0 radical (unpaired) electrons. The molecule has 0 saturated carbocycles. The van der Waals surface area contributed by atoms with Gasteiger partial charge in [-0.25, -0.2) is 9.07 Å². The third kappa shape index (κ3) is 4.25. The van der Waals surface area contributed by atoms with Crippen LogP contribution in [0.3, 0.4) is 0 Å². The maximum absolute atomic E-state index is 14.3. The van der Waals surface area contributed by atoms with Gasteiger partial charge in [0, 0.05) is 26.2 Å². The SMILES string of the molecule is COc1ccc([C@@H](c2nnnn2C(C)C)N2CCN(c3ccccc3F)CC2)cc1OC. The monoisotopic (exact) mass is 440 g/mol. The molecule has 0 spiro atoms. The van der Waals surface area contributed by atoms with Crippen molar-refractivity contribution in [2.45, 2.75) is 25.9 Å². The Morgan fingerprint density at radius 1 is 0.938 bits per heavy atom. The Morgan fingerprint density at radius 2 is 1.66 bits per heavy atom. The lowest BCUT2D eigenvalue weighted by Crippen LogP contribution is -2.48. The number of hydrogen-bond acceptors (Lipinski definition) is 7. The second-order valence-corrected chi connectivity index (χ2v) is 8.07. The summed E-state index contributed by atoms with van der Waals surface area (Å²) in [6, 6.07) is 12.8. The first kappa shape index (κ1) is 22.0. The average Bonchev–Trinajstić information content (AvgIpc) is 3.30. The molecule has 2 heterocycles. The highest BCUT2D eigenvalue weighted by Gasteiger charge is 2.32. The zero-order chi connectivity index (χ0) is 22.7. The van der Waals surface area contributed by atoms with E-state index in [0.717, 1.165) is 24.5 Å². The van der Waals surface area contributed by atoms with Crippen LogP contribution in [0.1, 0.15) is 37.3 Å². The van der Waals surface area contributed by atoms with E-state index in [2.05, 4.69) is 39.2 Å². The number of benzene rings is 2. The summed E-state index contributed by atoms with van der Waals surface area (Å²) in [7, 11) is 3.25. The predicted octanol–water partition coefficient (Wildman–Crippen LogP) is 3.32. The van der Waals surface area contributed by atoms with Gasteiger partial charge in [0.2, 0.25) is 0 Å². The van der Waals surface area contributed by atoms with Crippen LogP contribution in [0, 0.1) is 5.82 Å². The van der Waals surface area contributed by atoms with Gasteiger partial charge in [-0.2, -0.15) is 0 Å². The summed E-state index contributed by atoms with van der Waals surface area (Å²) in [4.78, 5) is 4.42. The number of methoxy groups -OCH3 is 2. The Morgan fingerprint density at radius 3 is 2.31 bits per heavy atom. The van der Waals surface area contributed by atoms with E-state index in [-0.39, 0.29) is 17.9 Å². The molecule has 2 aromatic carbocycles.